The summed E-state index contributed by atoms with van der Waals surface area (Å²) in [4.78, 5) is 0. The molecular weight excluding hydrogens is 370 g/mol. The Labute approximate surface area is 177 Å². The van der Waals surface area contributed by atoms with Crippen molar-refractivity contribution in [3.05, 3.63) is 83.9 Å². The van der Waals surface area contributed by atoms with Crippen LogP contribution in [-0.4, -0.2) is 19.4 Å². The maximum atomic E-state index is 6.45. The van der Waals surface area contributed by atoms with E-state index in [1.54, 1.807) is 0 Å². The van der Waals surface area contributed by atoms with Gasteiger partial charge in [-0.25, -0.2) is 0 Å². The molecule has 1 aliphatic rings. The summed E-state index contributed by atoms with van der Waals surface area (Å²) in [6.07, 6.45) is 3.06. The molecule has 0 spiro atoms. The third kappa shape index (κ3) is 3.61. The lowest BCUT2D eigenvalue weighted by atomic mass is 9.93. The van der Waals surface area contributed by atoms with E-state index in [-0.39, 0.29) is 6.23 Å². The van der Waals surface area contributed by atoms with Gasteiger partial charge in [-0.1, -0.05) is 60.7 Å². The zero-order valence-corrected chi connectivity index (χ0v) is 17.4. The van der Waals surface area contributed by atoms with Crippen molar-refractivity contribution in [1.82, 2.24) is 5.32 Å². The minimum absolute atomic E-state index is 0.0868. The second-order valence-electron chi connectivity index (χ2n) is 7.84. The Bertz CT molecular complexity index is 1180. The molecule has 1 atom stereocenters. The summed E-state index contributed by atoms with van der Waals surface area (Å²) in [5, 5.41) is 8.40. The van der Waals surface area contributed by atoms with E-state index >= 15 is 0 Å². The highest BCUT2D eigenvalue weighted by Gasteiger charge is 2.20. The van der Waals surface area contributed by atoms with E-state index in [0.717, 1.165) is 37.3 Å². The van der Waals surface area contributed by atoms with Crippen LogP contribution in [0.25, 0.3) is 21.5 Å². The van der Waals surface area contributed by atoms with Crippen LogP contribution in [0.5, 0.6) is 11.5 Å². The standard InChI is InChI=1S/C27H27NO2/c1-2-29-25-15-13-19-8-3-5-10-21(19)23(25)18-24-22-11-6-4-9-20(22)14-16-26(24)30-27-12-7-17-28-27/h3-6,8-11,13-16,27-28H,2,7,12,17-18H2,1H3. The first-order chi connectivity index (χ1) is 14.8. The van der Waals surface area contributed by atoms with Crippen LogP contribution in [0.15, 0.2) is 72.8 Å². The molecule has 1 heterocycles. The number of nitrogens with one attached hydrogen (secondary N) is 1. The lowest BCUT2D eigenvalue weighted by Crippen LogP contribution is -2.27. The van der Waals surface area contributed by atoms with Gasteiger partial charge in [0.05, 0.1) is 6.61 Å². The van der Waals surface area contributed by atoms with Crippen LogP contribution < -0.4 is 14.8 Å². The fourth-order valence-corrected chi connectivity index (χ4v) is 4.48. The van der Waals surface area contributed by atoms with Crippen molar-refractivity contribution in [1.29, 1.82) is 0 Å². The van der Waals surface area contributed by atoms with E-state index in [9.17, 15) is 0 Å². The maximum Gasteiger partial charge on any atom is 0.150 e. The number of hydrogen-bond donors (Lipinski definition) is 1. The smallest absolute Gasteiger partial charge is 0.150 e. The fourth-order valence-electron chi connectivity index (χ4n) is 4.48. The first-order valence-corrected chi connectivity index (χ1v) is 10.9. The van der Waals surface area contributed by atoms with Crippen LogP contribution in [0, 0.1) is 0 Å². The van der Waals surface area contributed by atoms with Crippen molar-refractivity contribution >= 4 is 21.5 Å². The highest BCUT2D eigenvalue weighted by molar-refractivity contribution is 5.91. The fraction of sp³-hybridized carbons (Fsp3) is 0.259. The molecule has 1 aliphatic heterocycles. The molecule has 0 aromatic heterocycles. The van der Waals surface area contributed by atoms with Gasteiger partial charge < -0.3 is 9.47 Å². The second kappa shape index (κ2) is 8.37. The molecule has 152 valence electrons. The van der Waals surface area contributed by atoms with E-state index in [2.05, 4.69) is 78.1 Å². The van der Waals surface area contributed by atoms with Gasteiger partial charge in [0.15, 0.2) is 0 Å². The maximum absolute atomic E-state index is 6.45. The molecule has 0 amide bonds. The van der Waals surface area contributed by atoms with Crippen LogP contribution in [0.1, 0.15) is 30.9 Å². The van der Waals surface area contributed by atoms with Crippen molar-refractivity contribution in [2.24, 2.45) is 0 Å². The molecule has 1 saturated heterocycles. The zero-order valence-electron chi connectivity index (χ0n) is 17.4. The zero-order chi connectivity index (χ0) is 20.3. The molecule has 30 heavy (non-hydrogen) atoms. The van der Waals surface area contributed by atoms with Crippen molar-refractivity contribution in [2.75, 3.05) is 13.2 Å². The molecule has 0 aliphatic carbocycles. The molecule has 4 aromatic rings. The van der Waals surface area contributed by atoms with Crippen molar-refractivity contribution < 1.29 is 9.47 Å². The number of benzene rings is 4. The summed E-state index contributed by atoms with van der Waals surface area (Å²) in [7, 11) is 0. The molecule has 5 rings (SSSR count). The largest absolute Gasteiger partial charge is 0.494 e. The topological polar surface area (TPSA) is 30.5 Å². The van der Waals surface area contributed by atoms with Crippen LogP contribution >= 0.6 is 0 Å². The number of fused-ring (bicyclic) bond motifs is 2. The molecule has 1 fully saturated rings. The van der Waals surface area contributed by atoms with Gasteiger partial charge in [0.2, 0.25) is 0 Å². The van der Waals surface area contributed by atoms with Gasteiger partial charge in [-0.3, -0.25) is 5.32 Å². The van der Waals surface area contributed by atoms with Crippen LogP contribution in [0.2, 0.25) is 0 Å². The number of ether oxygens (including phenoxy) is 2. The van der Waals surface area contributed by atoms with Gasteiger partial charge in [0.1, 0.15) is 17.7 Å². The Morgan fingerprint density at radius 2 is 1.43 bits per heavy atom. The molecule has 0 radical (unpaired) electrons. The molecule has 0 bridgehead atoms. The molecule has 0 saturated carbocycles. The molecule has 1 N–H and O–H groups in total. The van der Waals surface area contributed by atoms with Gasteiger partial charge in [-0.2, -0.15) is 0 Å². The Morgan fingerprint density at radius 1 is 0.800 bits per heavy atom. The molecular formula is C27H27NO2. The SMILES string of the molecule is CCOc1ccc2ccccc2c1Cc1c(OC2CCCN2)ccc2ccccc12. The highest BCUT2D eigenvalue weighted by Crippen LogP contribution is 2.36. The van der Waals surface area contributed by atoms with E-state index in [1.807, 2.05) is 6.92 Å². The van der Waals surface area contributed by atoms with E-state index in [0.29, 0.717) is 6.61 Å². The van der Waals surface area contributed by atoms with Crippen molar-refractivity contribution in [3.8, 4) is 11.5 Å². The highest BCUT2D eigenvalue weighted by atomic mass is 16.5. The van der Waals surface area contributed by atoms with Crippen molar-refractivity contribution in [3.63, 3.8) is 0 Å². The second-order valence-corrected chi connectivity index (χ2v) is 7.84. The first-order valence-electron chi connectivity index (χ1n) is 10.9. The van der Waals surface area contributed by atoms with Gasteiger partial charge in [-0.05, 0) is 60.0 Å². The summed E-state index contributed by atoms with van der Waals surface area (Å²) in [5.74, 6) is 1.91. The van der Waals surface area contributed by atoms with Gasteiger partial charge in [0.25, 0.3) is 0 Å². The monoisotopic (exact) mass is 397 g/mol. The summed E-state index contributed by atoms with van der Waals surface area (Å²) in [6.45, 7) is 3.71. The van der Waals surface area contributed by atoms with Crippen LogP contribution in [0.4, 0.5) is 0 Å². The summed E-state index contributed by atoms with van der Waals surface area (Å²) < 4.78 is 12.5. The summed E-state index contributed by atoms with van der Waals surface area (Å²) in [5.41, 5.74) is 2.44. The minimum atomic E-state index is 0.0868. The Morgan fingerprint density at radius 3 is 2.07 bits per heavy atom. The van der Waals surface area contributed by atoms with Gasteiger partial charge >= 0.3 is 0 Å². The third-order valence-electron chi connectivity index (χ3n) is 5.93. The Kier molecular flexibility index (Phi) is 5.29. The lowest BCUT2D eigenvalue weighted by molar-refractivity contribution is 0.186. The Hall–Kier alpha value is -3.04. The molecule has 4 aromatic carbocycles. The average molecular weight is 398 g/mol. The van der Waals surface area contributed by atoms with E-state index in [4.69, 9.17) is 9.47 Å². The third-order valence-corrected chi connectivity index (χ3v) is 5.93. The quantitative estimate of drug-likeness (QED) is 0.428. The van der Waals surface area contributed by atoms with Gasteiger partial charge in [0, 0.05) is 17.5 Å². The van der Waals surface area contributed by atoms with Crippen LogP contribution in [0.3, 0.4) is 0 Å². The van der Waals surface area contributed by atoms with Crippen molar-refractivity contribution in [2.45, 2.75) is 32.4 Å². The molecule has 3 nitrogen and oxygen atoms in total. The minimum Gasteiger partial charge on any atom is -0.494 e. The average Bonchev–Trinajstić information content (AvgIpc) is 3.30. The molecule has 1 unspecified atom stereocenters. The summed E-state index contributed by atoms with van der Waals surface area (Å²) in [6, 6.07) is 25.7. The summed E-state index contributed by atoms with van der Waals surface area (Å²) >= 11 is 0. The first kappa shape index (κ1) is 19.0. The normalized spacial score (nSPS) is 16.2. The number of hydrogen-bond acceptors (Lipinski definition) is 3. The van der Waals surface area contributed by atoms with Crippen LogP contribution in [-0.2, 0) is 6.42 Å². The predicted octanol–water partition coefficient (Wildman–Crippen LogP) is 6.07. The molecule has 3 heteroatoms. The van der Waals surface area contributed by atoms with E-state index < -0.39 is 0 Å². The lowest BCUT2D eigenvalue weighted by Gasteiger charge is -2.20. The Balaban J connectivity index is 1.66. The van der Waals surface area contributed by atoms with Gasteiger partial charge in [-0.15, -0.1) is 0 Å². The van der Waals surface area contributed by atoms with E-state index in [1.165, 1.54) is 32.7 Å². The number of rotatable bonds is 6. The predicted molar refractivity (Wildman–Crippen MR) is 124 cm³/mol.